The predicted molar refractivity (Wildman–Crippen MR) is 89.9 cm³/mol. The number of rotatable bonds is 6. The standard InChI is InChI=1S/C16H23ClN4/c1-4-14-16(17)15(21(6-3)19-14)11-20(5-2)13-9-7-8-12(18)10-13/h7-10H,4-6,11,18H2,1-3H3. The lowest BCUT2D eigenvalue weighted by atomic mass is 10.2. The van der Waals surface area contributed by atoms with Gasteiger partial charge in [0.25, 0.3) is 0 Å². The average molecular weight is 307 g/mol. The van der Waals surface area contributed by atoms with Crippen LogP contribution in [0.15, 0.2) is 24.3 Å². The normalized spacial score (nSPS) is 10.9. The highest BCUT2D eigenvalue weighted by Gasteiger charge is 2.17. The van der Waals surface area contributed by atoms with E-state index in [1.165, 1.54) is 0 Å². The van der Waals surface area contributed by atoms with E-state index in [9.17, 15) is 0 Å². The van der Waals surface area contributed by atoms with Gasteiger partial charge in [-0.3, -0.25) is 4.68 Å². The monoisotopic (exact) mass is 306 g/mol. The summed E-state index contributed by atoms with van der Waals surface area (Å²) in [7, 11) is 0. The topological polar surface area (TPSA) is 47.1 Å². The van der Waals surface area contributed by atoms with E-state index < -0.39 is 0 Å². The van der Waals surface area contributed by atoms with Crippen molar-refractivity contribution in [1.29, 1.82) is 0 Å². The molecule has 0 spiro atoms. The molecule has 1 aromatic heterocycles. The van der Waals surface area contributed by atoms with Gasteiger partial charge in [-0.25, -0.2) is 0 Å². The first-order chi connectivity index (χ1) is 10.1. The highest BCUT2D eigenvalue weighted by Crippen LogP contribution is 2.26. The van der Waals surface area contributed by atoms with Gasteiger partial charge in [-0.2, -0.15) is 5.10 Å². The average Bonchev–Trinajstić information content (AvgIpc) is 2.80. The third-order valence-electron chi connectivity index (χ3n) is 3.65. The SMILES string of the molecule is CCc1nn(CC)c(CN(CC)c2cccc(N)c2)c1Cl. The number of halogens is 1. The Hall–Kier alpha value is -1.68. The number of hydrogen-bond donors (Lipinski definition) is 1. The van der Waals surface area contributed by atoms with Crippen molar-refractivity contribution < 1.29 is 0 Å². The number of nitrogens with two attached hydrogens (primary N) is 1. The Kier molecular flexibility index (Phi) is 5.12. The smallest absolute Gasteiger partial charge is 0.0868 e. The summed E-state index contributed by atoms with van der Waals surface area (Å²) in [4.78, 5) is 2.25. The first kappa shape index (κ1) is 15.7. The minimum absolute atomic E-state index is 0.736. The minimum Gasteiger partial charge on any atom is -0.399 e. The fourth-order valence-electron chi connectivity index (χ4n) is 2.46. The van der Waals surface area contributed by atoms with Gasteiger partial charge in [0, 0.05) is 24.5 Å². The third kappa shape index (κ3) is 3.32. The van der Waals surface area contributed by atoms with Crippen molar-refractivity contribution in [1.82, 2.24) is 9.78 Å². The Balaban J connectivity index is 2.32. The maximum Gasteiger partial charge on any atom is 0.0868 e. The second-order valence-electron chi connectivity index (χ2n) is 4.99. The maximum atomic E-state index is 6.49. The largest absolute Gasteiger partial charge is 0.399 e. The molecule has 0 fully saturated rings. The van der Waals surface area contributed by atoms with Crippen LogP contribution in [-0.2, 0) is 19.5 Å². The summed E-state index contributed by atoms with van der Waals surface area (Å²) in [5.74, 6) is 0. The fourth-order valence-corrected chi connectivity index (χ4v) is 2.79. The fraction of sp³-hybridized carbons (Fsp3) is 0.438. The molecule has 0 unspecified atom stereocenters. The molecule has 0 aliphatic rings. The number of hydrogen-bond acceptors (Lipinski definition) is 3. The molecule has 0 amide bonds. The molecule has 0 bridgehead atoms. The van der Waals surface area contributed by atoms with Gasteiger partial charge in [-0.1, -0.05) is 24.6 Å². The molecule has 0 saturated heterocycles. The van der Waals surface area contributed by atoms with E-state index in [4.69, 9.17) is 17.3 Å². The quantitative estimate of drug-likeness (QED) is 0.827. The molecule has 1 heterocycles. The van der Waals surface area contributed by atoms with E-state index >= 15 is 0 Å². The number of nitrogen functional groups attached to an aromatic ring is 1. The molecule has 0 aliphatic carbocycles. The van der Waals surface area contributed by atoms with E-state index in [2.05, 4.69) is 36.8 Å². The predicted octanol–water partition coefficient (Wildman–Crippen LogP) is 3.73. The summed E-state index contributed by atoms with van der Waals surface area (Å²) in [6.07, 6.45) is 0.850. The summed E-state index contributed by atoms with van der Waals surface area (Å²) in [6, 6.07) is 7.94. The highest BCUT2D eigenvalue weighted by molar-refractivity contribution is 6.31. The summed E-state index contributed by atoms with van der Waals surface area (Å²) in [5.41, 5.74) is 9.81. The lowest BCUT2D eigenvalue weighted by molar-refractivity contribution is 0.605. The Morgan fingerprint density at radius 1 is 1.29 bits per heavy atom. The van der Waals surface area contributed by atoms with E-state index in [-0.39, 0.29) is 0 Å². The summed E-state index contributed by atoms with van der Waals surface area (Å²) >= 11 is 6.49. The number of benzene rings is 1. The van der Waals surface area contributed by atoms with E-state index in [1.807, 2.05) is 22.9 Å². The third-order valence-corrected chi connectivity index (χ3v) is 4.09. The lowest BCUT2D eigenvalue weighted by Crippen LogP contribution is -2.24. The zero-order valence-electron chi connectivity index (χ0n) is 12.9. The van der Waals surface area contributed by atoms with Crippen LogP contribution in [0.4, 0.5) is 11.4 Å². The minimum atomic E-state index is 0.736. The molecule has 2 aromatic rings. The van der Waals surface area contributed by atoms with Gasteiger partial charge < -0.3 is 10.6 Å². The molecule has 1 aromatic carbocycles. The molecule has 0 aliphatic heterocycles. The molecule has 2 N–H and O–H groups in total. The summed E-state index contributed by atoms with van der Waals surface area (Å²) in [6.45, 7) is 8.74. The maximum absolute atomic E-state index is 6.49. The van der Waals surface area contributed by atoms with Gasteiger partial charge in [-0.15, -0.1) is 0 Å². The van der Waals surface area contributed by atoms with Crippen molar-refractivity contribution in [2.45, 2.75) is 40.3 Å². The number of anilines is 2. The molecular formula is C16H23ClN4. The van der Waals surface area contributed by atoms with Crippen molar-refractivity contribution in [2.24, 2.45) is 0 Å². The Morgan fingerprint density at radius 2 is 2.05 bits per heavy atom. The Bertz CT molecular complexity index is 606. The Morgan fingerprint density at radius 3 is 2.62 bits per heavy atom. The molecular weight excluding hydrogens is 284 g/mol. The zero-order valence-corrected chi connectivity index (χ0v) is 13.7. The summed E-state index contributed by atoms with van der Waals surface area (Å²) in [5, 5.41) is 5.37. The second-order valence-corrected chi connectivity index (χ2v) is 5.36. The molecule has 0 atom stereocenters. The van der Waals surface area contributed by atoms with Crippen LogP contribution < -0.4 is 10.6 Å². The first-order valence-corrected chi connectivity index (χ1v) is 7.82. The molecule has 5 heteroatoms. The Labute approximate surface area is 131 Å². The van der Waals surface area contributed by atoms with Crippen LogP contribution >= 0.6 is 11.6 Å². The van der Waals surface area contributed by atoms with Gasteiger partial charge >= 0.3 is 0 Å². The number of aromatic nitrogens is 2. The van der Waals surface area contributed by atoms with Crippen LogP contribution in [0, 0.1) is 0 Å². The van der Waals surface area contributed by atoms with Crippen LogP contribution in [0.3, 0.4) is 0 Å². The molecule has 0 saturated carbocycles. The van der Waals surface area contributed by atoms with E-state index in [1.54, 1.807) is 0 Å². The van der Waals surface area contributed by atoms with E-state index in [0.717, 1.165) is 53.8 Å². The lowest BCUT2D eigenvalue weighted by Gasteiger charge is -2.24. The molecule has 2 rings (SSSR count). The van der Waals surface area contributed by atoms with Crippen LogP contribution in [0.5, 0.6) is 0 Å². The van der Waals surface area contributed by atoms with Gasteiger partial charge in [-0.05, 0) is 38.5 Å². The molecule has 4 nitrogen and oxygen atoms in total. The van der Waals surface area contributed by atoms with Crippen molar-refractivity contribution in [2.75, 3.05) is 17.2 Å². The highest BCUT2D eigenvalue weighted by atomic mass is 35.5. The van der Waals surface area contributed by atoms with Crippen molar-refractivity contribution in [3.8, 4) is 0 Å². The van der Waals surface area contributed by atoms with Gasteiger partial charge in [0.1, 0.15) is 0 Å². The molecule has 114 valence electrons. The number of aryl methyl sites for hydroxylation is 2. The van der Waals surface area contributed by atoms with Gasteiger partial charge in [0.05, 0.1) is 23.0 Å². The van der Waals surface area contributed by atoms with Crippen LogP contribution in [-0.4, -0.2) is 16.3 Å². The zero-order chi connectivity index (χ0) is 15.4. The molecule has 0 radical (unpaired) electrons. The van der Waals surface area contributed by atoms with Crippen molar-refractivity contribution in [3.05, 3.63) is 40.7 Å². The second kappa shape index (κ2) is 6.85. The van der Waals surface area contributed by atoms with Crippen LogP contribution in [0.25, 0.3) is 0 Å². The van der Waals surface area contributed by atoms with Crippen molar-refractivity contribution in [3.63, 3.8) is 0 Å². The van der Waals surface area contributed by atoms with Gasteiger partial charge in [0.15, 0.2) is 0 Å². The van der Waals surface area contributed by atoms with Crippen molar-refractivity contribution >= 4 is 23.0 Å². The number of nitrogens with zero attached hydrogens (tertiary/aromatic N) is 3. The molecule has 21 heavy (non-hydrogen) atoms. The van der Waals surface area contributed by atoms with E-state index in [0.29, 0.717) is 0 Å². The first-order valence-electron chi connectivity index (χ1n) is 7.45. The summed E-state index contributed by atoms with van der Waals surface area (Å²) < 4.78 is 2.00. The van der Waals surface area contributed by atoms with Crippen LogP contribution in [0.1, 0.15) is 32.2 Å². The van der Waals surface area contributed by atoms with Crippen LogP contribution in [0.2, 0.25) is 5.02 Å². The van der Waals surface area contributed by atoms with Gasteiger partial charge in [0.2, 0.25) is 0 Å².